The molecule has 21 heavy (non-hydrogen) atoms. The van der Waals surface area contributed by atoms with E-state index in [1.807, 2.05) is 12.1 Å². The van der Waals surface area contributed by atoms with Gasteiger partial charge in [-0.15, -0.1) is 5.10 Å². The summed E-state index contributed by atoms with van der Waals surface area (Å²) in [5, 5.41) is 10.9. The summed E-state index contributed by atoms with van der Waals surface area (Å²) in [6, 6.07) is 14.0. The standard InChI is InChI=1S/C14H9BrN4O2/c15-13-7-2-1-6-12(13)14(20)21-11-5-3-4-10(8-11)19-9-16-17-18-19/h1-9H. The van der Waals surface area contributed by atoms with Crippen molar-refractivity contribution in [2.45, 2.75) is 0 Å². The van der Waals surface area contributed by atoms with Crippen molar-refractivity contribution in [1.29, 1.82) is 0 Å². The van der Waals surface area contributed by atoms with Crippen LogP contribution in [0, 0.1) is 0 Å². The van der Waals surface area contributed by atoms with E-state index < -0.39 is 5.97 Å². The van der Waals surface area contributed by atoms with Crippen molar-refractivity contribution in [3.63, 3.8) is 0 Å². The van der Waals surface area contributed by atoms with Gasteiger partial charge >= 0.3 is 5.97 Å². The number of tetrazole rings is 1. The van der Waals surface area contributed by atoms with E-state index >= 15 is 0 Å². The Bertz CT molecular complexity index is 774. The summed E-state index contributed by atoms with van der Waals surface area (Å²) >= 11 is 3.32. The van der Waals surface area contributed by atoms with E-state index in [0.29, 0.717) is 21.5 Å². The van der Waals surface area contributed by atoms with Gasteiger partial charge in [-0.05, 0) is 50.6 Å². The van der Waals surface area contributed by atoms with Crippen molar-refractivity contribution < 1.29 is 9.53 Å². The van der Waals surface area contributed by atoms with Crippen molar-refractivity contribution in [3.05, 3.63) is 64.9 Å². The molecule has 0 aliphatic rings. The maximum Gasteiger partial charge on any atom is 0.344 e. The molecule has 0 fully saturated rings. The maximum absolute atomic E-state index is 12.1. The highest BCUT2D eigenvalue weighted by Crippen LogP contribution is 2.20. The van der Waals surface area contributed by atoms with E-state index in [-0.39, 0.29) is 0 Å². The van der Waals surface area contributed by atoms with E-state index in [4.69, 9.17) is 4.74 Å². The number of carbonyl (C=O) groups excluding carboxylic acids is 1. The van der Waals surface area contributed by atoms with Crippen molar-refractivity contribution in [1.82, 2.24) is 20.2 Å². The summed E-state index contributed by atoms with van der Waals surface area (Å²) in [5.41, 5.74) is 1.17. The van der Waals surface area contributed by atoms with Crippen LogP contribution in [0.5, 0.6) is 5.75 Å². The van der Waals surface area contributed by atoms with Crippen molar-refractivity contribution in [2.75, 3.05) is 0 Å². The van der Waals surface area contributed by atoms with Crippen LogP contribution in [0.25, 0.3) is 5.69 Å². The van der Waals surface area contributed by atoms with Crippen LogP contribution in [0.2, 0.25) is 0 Å². The number of hydrogen-bond donors (Lipinski definition) is 0. The highest BCUT2D eigenvalue weighted by atomic mass is 79.9. The van der Waals surface area contributed by atoms with Gasteiger partial charge in [0.1, 0.15) is 12.1 Å². The first-order valence-electron chi connectivity index (χ1n) is 6.04. The van der Waals surface area contributed by atoms with Crippen LogP contribution in [0.1, 0.15) is 10.4 Å². The topological polar surface area (TPSA) is 69.9 Å². The van der Waals surface area contributed by atoms with Gasteiger partial charge in [-0.1, -0.05) is 18.2 Å². The number of hydrogen-bond acceptors (Lipinski definition) is 5. The molecule has 3 rings (SSSR count). The van der Waals surface area contributed by atoms with Gasteiger partial charge in [-0.25, -0.2) is 9.48 Å². The third-order valence-electron chi connectivity index (χ3n) is 2.74. The van der Waals surface area contributed by atoms with E-state index in [1.54, 1.807) is 36.4 Å². The fourth-order valence-corrected chi connectivity index (χ4v) is 2.20. The summed E-state index contributed by atoms with van der Waals surface area (Å²) in [6.45, 7) is 0. The molecule has 104 valence electrons. The highest BCUT2D eigenvalue weighted by Gasteiger charge is 2.12. The Labute approximate surface area is 128 Å². The fourth-order valence-electron chi connectivity index (χ4n) is 1.76. The SMILES string of the molecule is O=C(Oc1cccc(-n2cnnn2)c1)c1ccccc1Br. The number of aromatic nitrogens is 4. The molecule has 0 saturated heterocycles. The number of halogens is 1. The van der Waals surface area contributed by atoms with Gasteiger partial charge in [-0.3, -0.25) is 0 Å². The quantitative estimate of drug-likeness (QED) is 0.539. The Kier molecular flexibility index (Phi) is 3.74. The molecule has 7 heteroatoms. The van der Waals surface area contributed by atoms with Crippen molar-refractivity contribution >= 4 is 21.9 Å². The van der Waals surface area contributed by atoms with E-state index in [2.05, 4.69) is 31.5 Å². The number of carbonyl (C=O) groups is 1. The number of ether oxygens (including phenoxy) is 1. The Morgan fingerprint density at radius 3 is 2.76 bits per heavy atom. The summed E-state index contributed by atoms with van der Waals surface area (Å²) in [7, 11) is 0. The third kappa shape index (κ3) is 2.97. The number of nitrogens with zero attached hydrogens (tertiary/aromatic N) is 4. The molecule has 1 aromatic heterocycles. The Morgan fingerprint density at radius 2 is 2.00 bits per heavy atom. The molecule has 0 atom stereocenters. The minimum Gasteiger partial charge on any atom is -0.423 e. The van der Waals surface area contributed by atoms with Gasteiger partial charge in [0.2, 0.25) is 0 Å². The van der Waals surface area contributed by atoms with Gasteiger partial charge in [-0.2, -0.15) is 0 Å². The monoisotopic (exact) mass is 344 g/mol. The zero-order chi connectivity index (χ0) is 14.7. The molecular weight excluding hydrogens is 336 g/mol. The molecule has 1 heterocycles. The lowest BCUT2D eigenvalue weighted by molar-refractivity contribution is 0.0734. The molecule has 0 amide bonds. The first-order chi connectivity index (χ1) is 10.2. The smallest absolute Gasteiger partial charge is 0.344 e. The van der Waals surface area contributed by atoms with Crippen LogP contribution in [0.3, 0.4) is 0 Å². The average Bonchev–Trinajstić information content (AvgIpc) is 3.02. The normalized spacial score (nSPS) is 10.3. The zero-order valence-electron chi connectivity index (χ0n) is 10.7. The van der Waals surface area contributed by atoms with Crippen LogP contribution in [-0.4, -0.2) is 26.2 Å². The molecule has 0 saturated carbocycles. The van der Waals surface area contributed by atoms with Crippen molar-refractivity contribution in [2.24, 2.45) is 0 Å². The van der Waals surface area contributed by atoms with Crippen LogP contribution < -0.4 is 4.74 Å². The van der Waals surface area contributed by atoms with E-state index in [1.165, 1.54) is 11.0 Å². The van der Waals surface area contributed by atoms with Gasteiger partial charge in [0.15, 0.2) is 0 Å². The molecule has 0 spiro atoms. The predicted molar refractivity (Wildman–Crippen MR) is 78.3 cm³/mol. The van der Waals surface area contributed by atoms with E-state index in [0.717, 1.165) is 0 Å². The molecule has 0 N–H and O–H groups in total. The lowest BCUT2D eigenvalue weighted by atomic mass is 10.2. The lowest BCUT2D eigenvalue weighted by Crippen LogP contribution is -2.09. The van der Waals surface area contributed by atoms with Crippen LogP contribution in [-0.2, 0) is 0 Å². The first kappa shape index (κ1) is 13.4. The summed E-state index contributed by atoms with van der Waals surface area (Å²) in [5.74, 6) is -0.0138. The molecule has 0 unspecified atom stereocenters. The Morgan fingerprint density at radius 1 is 1.14 bits per heavy atom. The molecular formula is C14H9BrN4O2. The third-order valence-corrected chi connectivity index (χ3v) is 3.43. The maximum atomic E-state index is 12.1. The number of rotatable bonds is 3. The second-order valence-corrected chi connectivity index (χ2v) is 4.98. The predicted octanol–water partition coefficient (Wildman–Crippen LogP) is 2.64. The van der Waals surface area contributed by atoms with E-state index in [9.17, 15) is 4.79 Å². The zero-order valence-corrected chi connectivity index (χ0v) is 12.3. The largest absolute Gasteiger partial charge is 0.423 e. The molecule has 6 nitrogen and oxygen atoms in total. The molecule has 3 aromatic rings. The second-order valence-electron chi connectivity index (χ2n) is 4.12. The fraction of sp³-hybridized carbons (Fsp3) is 0. The molecule has 0 aliphatic heterocycles. The first-order valence-corrected chi connectivity index (χ1v) is 6.83. The minimum atomic E-state index is -0.434. The second kappa shape index (κ2) is 5.84. The average molecular weight is 345 g/mol. The van der Waals surface area contributed by atoms with Gasteiger partial charge < -0.3 is 4.74 Å². The summed E-state index contributed by atoms with van der Waals surface area (Å²) in [6.07, 6.45) is 1.47. The molecule has 0 radical (unpaired) electrons. The number of benzene rings is 2. The lowest BCUT2D eigenvalue weighted by Gasteiger charge is -2.07. The van der Waals surface area contributed by atoms with Crippen LogP contribution in [0.15, 0.2) is 59.3 Å². The number of esters is 1. The highest BCUT2D eigenvalue weighted by molar-refractivity contribution is 9.10. The molecule has 0 aliphatic carbocycles. The summed E-state index contributed by atoms with van der Waals surface area (Å²) < 4.78 is 7.54. The Hall–Kier alpha value is -2.54. The minimum absolute atomic E-state index is 0.420. The van der Waals surface area contributed by atoms with Gasteiger partial charge in [0.25, 0.3) is 0 Å². The van der Waals surface area contributed by atoms with Crippen LogP contribution in [0.4, 0.5) is 0 Å². The van der Waals surface area contributed by atoms with Gasteiger partial charge in [0, 0.05) is 10.5 Å². The van der Waals surface area contributed by atoms with Crippen LogP contribution >= 0.6 is 15.9 Å². The summed E-state index contributed by atoms with van der Waals surface area (Å²) in [4.78, 5) is 12.1. The Balaban J connectivity index is 1.84. The molecule has 2 aromatic carbocycles. The molecule has 0 bridgehead atoms. The van der Waals surface area contributed by atoms with Crippen molar-refractivity contribution in [3.8, 4) is 11.4 Å². The van der Waals surface area contributed by atoms with Gasteiger partial charge in [0.05, 0.1) is 11.3 Å².